The summed E-state index contributed by atoms with van der Waals surface area (Å²) < 4.78 is 12.2. The molecule has 8 aromatic rings. The summed E-state index contributed by atoms with van der Waals surface area (Å²) in [5, 5.41) is 9.18. The van der Waals surface area contributed by atoms with Gasteiger partial charge in [-0.15, -0.1) is 0 Å². The van der Waals surface area contributed by atoms with Crippen LogP contribution in [0.15, 0.2) is 112 Å². The molecule has 0 aliphatic rings. The summed E-state index contributed by atoms with van der Waals surface area (Å²) in [6.07, 6.45) is 3.83. The zero-order valence-corrected chi connectivity index (χ0v) is 18.1. The Morgan fingerprint density at radius 2 is 1.18 bits per heavy atom. The van der Waals surface area contributed by atoms with Gasteiger partial charge in [0.15, 0.2) is 0 Å². The number of hydrogen-bond acceptors (Lipinski definition) is 3. The highest BCUT2D eigenvalue weighted by Crippen LogP contribution is 2.40. The summed E-state index contributed by atoms with van der Waals surface area (Å²) in [5.41, 5.74) is 5.95. The van der Waals surface area contributed by atoms with Gasteiger partial charge in [0.05, 0.1) is 0 Å². The minimum Gasteiger partial charge on any atom is -0.456 e. The summed E-state index contributed by atoms with van der Waals surface area (Å²) in [7, 11) is 0. The predicted octanol–water partition coefficient (Wildman–Crippen LogP) is 8.85. The Balaban J connectivity index is 1.48. The van der Waals surface area contributed by atoms with E-state index in [-0.39, 0.29) is 0 Å². The third-order valence-corrected chi connectivity index (χ3v) is 6.94. The lowest BCUT2D eigenvalue weighted by Crippen LogP contribution is -1.86. The monoisotopic (exact) mass is 435 g/mol. The Bertz CT molecular complexity index is 2080. The van der Waals surface area contributed by atoms with Gasteiger partial charge in [-0.25, -0.2) is 0 Å². The molecule has 0 bridgehead atoms. The van der Waals surface area contributed by atoms with Crippen LogP contribution < -0.4 is 0 Å². The molecule has 0 radical (unpaired) electrons. The molecule has 158 valence electrons. The van der Waals surface area contributed by atoms with Crippen LogP contribution in [0.25, 0.3) is 76.5 Å². The lowest BCUT2D eigenvalue weighted by Gasteiger charge is -2.11. The summed E-state index contributed by atoms with van der Waals surface area (Å²) in [6, 6.07) is 31.7. The highest BCUT2D eigenvalue weighted by molar-refractivity contribution is 6.19. The van der Waals surface area contributed by atoms with Crippen molar-refractivity contribution in [2.75, 3.05) is 0 Å². The number of rotatable bonds is 1. The van der Waals surface area contributed by atoms with E-state index in [4.69, 9.17) is 8.83 Å². The fourth-order valence-electron chi connectivity index (χ4n) is 5.35. The normalized spacial score (nSPS) is 12.1. The van der Waals surface area contributed by atoms with Crippen LogP contribution >= 0.6 is 0 Å². The van der Waals surface area contributed by atoms with Crippen LogP contribution in [0, 0.1) is 0 Å². The molecule has 3 heteroatoms. The van der Waals surface area contributed by atoms with E-state index in [1.54, 1.807) is 0 Å². The van der Waals surface area contributed by atoms with Crippen LogP contribution in [-0.2, 0) is 0 Å². The van der Waals surface area contributed by atoms with Gasteiger partial charge in [0.25, 0.3) is 0 Å². The van der Waals surface area contributed by atoms with Gasteiger partial charge >= 0.3 is 0 Å². The summed E-state index contributed by atoms with van der Waals surface area (Å²) in [5.74, 6) is 0. The molecule has 0 spiro atoms. The number of furan rings is 2. The molecule has 0 unspecified atom stereocenters. The Hall–Kier alpha value is -4.63. The molecule has 0 fully saturated rings. The zero-order chi connectivity index (χ0) is 22.2. The van der Waals surface area contributed by atoms with Gasteiger partial charge in [0.1, 0.15) is 22.3 Å². The molecule has 8 rings (SSSR count). The van der Waals surface area contributed by atoms with Crippen molar-refractivity contribution in [1.82, 2.24) is 4.98 Å². The number of nitrogens with zero attached hydrogens (tertiary/aromatic N) is 1. The summed E-state index contributed by atoms with van der Waals surface area (Å²) in [6.45, 7) is 0. The van der Waals surface area contributed by atoms with Gasteiger partial charge < -0.3 is 8.83 Å². The van der Waals surface area contributed by atoms with E-state index in [9.17, 15) is 0 Å². The third kappa shape index (κ3) is 2.38. The van der Waals surface area contributed by atoms with Crippen molar-refractivity contribution >= 4 is 65.4 Å². The maximum absolute atomic E-state index is 6.18. The fourth-order valence-corrected chi connectivity index (χ4v) is 5.35. The first-order chi connectivity index (χ1) is 16.8. The predicted molar refractivity (Wildman–Crippen MR) is 139 cm³/mol. The maximum atomic E-state index is 6.18. The molecule has 0 saturated carbocycles. The van der Waals surface area contributed by atoms with Crippen LogP contribution in [0.1, 0.15) is 0 Å². The van der Waals surface area contributed by atoms with Crippen molar-refractivity contribution in [2.24, 2.45) is 0 Å². The smallest absolute Gasteiger partial charge is 0.136 e. The second-order valence-corrected chi connectivity index (χ2v) is 8.82. The van der Waals surface area contributed by atoms with Crippen LogP contribution in [0.5, 0.6) is 0 Å². The van der Waals surface area contributed by atoms with E-state index in [2.05, 4.69) is 71.7 Å². The van der Waals surface area contributed by atoms with Gasteiger partial charge in [-0.2, -0.15) is 0 Å². The highest BCUT2D eigenvalue weighted by Gasteiger charge is 2.14. The van der Waals surface area contributed by atoms with Crippen molar-refractivity contribution in [3.05, 3.63) is 103 Å². The van der Waals surface area contributed by atoms with Gasteiger partial charge in [-0.05, 0) is 75.8 Å². The third-order valence-electron chi connectivity index (χ3n) is 6.94. The van der Waals surface area contributed by atoms with Crippen molar-refractivity contribution in [3.8, 4) is 11.1 Å². The minimum absolute atomic E-state index is 0.903. The first-order valence-corrected chi connectivity index (χ1v) is 11.4. The van der Waals surface area contributed by atoms with E-state index in [1.165, 1.54) is 16.2 Å². The van der Waals surface area contributed by atoms with Crippen molar-refractivity contribution in [2.45, 2.75) is 0 Å². The molecule has 0 atom stereocenters. The Labute approximate surface area is 193 Å². The molecule has 0 aliphatic carbocycles. The van der Waals surface area contributed by atoms with Gasteiger partial charge in [0.2, 0.25) is 0 Å². The average Bonchev–Trinajstić information content (AvgIpc) is 3.44. The average molecular weight is 435 g/mol. The first kappa shape index (κ1) is 17.9. The van der Waals surface area contributed by atoms with E-state index in [0.717, 1.165) is 60.4 Å². The zero-order valence-electron chi connectivity index (χ0n) is 18.1. The molecule has 0 saturated heterocycles. The molecular formula is C31H17NO2. The van der Waals surface area contributed by atoms with Crippen molar-refractivity contribution in [3.63, 3.8) is 0 Å². The maximum Gasteiger partial charge on any atom is 0.136 e. The fraction of sp³-hybridized carbons (Fsp3) is 0. The molecule has 5 aromatic carbocycles. The lowest BCUT2D eigenvalue weighted by molar-refractivity contribution is 0.669. The first-order valence-electron chi connectivity index (χ1n) is 11.4. The molecule has 0 aliphatic heterocycles. The molecule has 0 amide bonds. The number of pyridine rings is 1. The van der Waals surface area contributed by atoms with Gasteiger partial charge in [-0.1, -0.05) is 42.5 Å². The van der Waals surface area contributed by atoms with Crippen LogP contribution in [0.4, 0.5) is 0 Å². The van der Waals surface area contributed by atoms with Crippen molar-refractivity contribution in [1.29, 1.82) is 0 Å². The van der Waals surface area contributed by atoms with Crippen LogP contribution in [-0.4, -0.2) is 4.98 Å². The summed E-state index contributed by atoms with van der Waals surface area (Å²) >= 11 is 0. The Kier molecular flexibility index (Phi) is 3.39. The Morgan fingerprint density at radius 3 is 2.00 bits per heavy atom. The van der Waals surface area contributed by atoms with Gasteiger partial charge in [0, 0.05) is 39.3 Å². The van der Waals surface area contributed by atoms with Crippen LogP contribution in [0.2, 0.25) is 0 Å². The standard InChI is InChI=1S/C31H17NO2/c1-3-7-28-21(5-1)25-13-18(9-10-30(25)33-28)23-14-19-15-26-22-6-2-4-8-29(22)34-31(26)16-24(19)20-11-12-32-17-27(20)23/h1-17H. The molecule has 3 aromatic heterocycles. The van der Waals surface area contributed by atoms with Crippen molar-refractivity contribution < 1.29 is 8.83 Å². The SMILES string of the molecule is c1ccc2c(c1)oc1ccc(-c3cc4cc5c(cc4c4ccncc34)oc3ccccc35)cc12. The molecule has 3 nitrogen and oxygen atoms in total. The molecular weight excluding hydrogens is 418 g/mol. The second kappa shape index (κ2) is 6.46. The Morgan fingerprint density at radius 1 is 0.471 bits per heavy atom. The molecule has 34 heavy (non-hydrogen) atoms. The number of aromatic nitrogens is 1. The molecule has 0 N–H and O–H groups in total. The van der Waals surface area contributed by atoms with E-state index in [1.807, 2.05) is 36.7 Å². The van der Waals surface area contributed by atoms with E-state index >= 15 is 0 Å². The summed E-state index contributed by atoms with van der Waals surface area (Å²) in [4.78, 5) is 4.46. The quantitative estimate of drug-likeness (QED) is 0.242. The van der Waals surface area contributed by atoms with Gasteiger partial charge in [-0.3, -0.25) is 4.98 Å². The van der Waals surface area contributed by atoms with E-state index < -0.39 is 0 Å². The number of benzene rings is 5. The number of hydrogen-bond donors (Lipinski definition) is 0. The minimum atomic E-state index is 0.903. The topological polar surface area (TPSA) is 39.2 Å². The number of fused-ring (bicyclic) bond motifs is 9. The number of para-hydroxylation sites is 2. The molecule has 3 heterocycles. The highest BCUT2D eigenvalue weighted by atomic mass is 16.3. The van der Waals surface area contributed by atoms with E-state index in [0.29, 0.717) is 0 Å². The lowest BCUT2D eigenvalue weighted by atomic mass is 9.93. The largest absolute Gasteiger partial charge is 0.456 e. The van der Waals surface area contributed by atoms with Crippen LogP contribution in [0.3, 0.4) is 0 Å². The second-order valence-electron chi connectivity index (χ2n) is 8.82.